The number of hydrogen-bond acceptors (Lipinski definition) is 4. The molecule has 0 atom stereocenters. The number of likely N-dealkylation sites (N-methyl/N-ethyl adjacent to an activating group) is 1. The van der Waals surface area contributed by atoms with Crippen LogP contribution in [-0.2, 0) is 20.7 Å². The lowest BCUT2D eigenvalue weighted by Gasteiger charge is -2.17. The first-order valence-corrected chi connectivity index (χ1v) is 6.40. The number of rotatable bonds is 6. The molecule has 21 heavy (non-hydrogen) atoms. The molecule has 0 spiro atoms. The lowest BCUT2D eigenvalue weighted by molar-refractivity contribution is -0.143. The molecule has 114 valence electrons. The van der Waals surface area contributed by atoms with Crippen LogP contribution in [0, 0.1) is 0 Å². The number of carboxylic acids is 1. The van der Waals surface area contributed by atoms with Crippen molar-refractivity contribution in [3.63, 3.8) is 0 Å². The predicted octanol–water partition coefficient (Wildman–Crippen LogP) is 1.34. The van der Waals surface area contributed by atoms with Crippen molar-refractivity contribution in [2.75, 3.05) is 25.5 Å². The second-order valence-electron chi connectivity index (χ2n) is 4.36. The number of urea groups is 1. The smallest absolute Gasteiger partial charge is 0.325 e. The summed E-state index contributed by atoms with van der Waals surface area (Å²) in [7, 11) is 1.48. The van der Waals surface area contributed by atoms with Gasteiger partial charge in [-0.15, -0.1) is 0 Å². The summed E-state index contributed by atoms with van der Waals surface area (Å²) in [6, 6.07) is 6.00. The third-order valence-corrected chi connectivity index (χ3v) is 2.58. The van der Waals surface area contributed by atoms with E-state index in [0.29, 0.717) is 11.3 Å². The zero-order valence-electron chi connectivity index (χ0n) is 12.0. The first-order valence-electron chi connectivity index (χ1n) is 6.40. The van der Waals surface area contributed by atoms with Gasteiger partial charge >= 0.3 is 18.0 Å². The Kier molecular flexibility index (Phi) is 6.19. The molecule has 1 aromatic rings. The fourth-order valence-corrected chi connectivity index (χ4v) is 1.57. The quantitative estimate of drug-likeness (QED) is 0.772. The number of aliphatic carboxylic acids is 1. The van der Waals surface area contributed by atoms with Crippen molar-refractivity contribution in [1.82, 2.24) is 4.90 Å². The second-order valence-corrected chi connectivity index (χ2v) is 4.36. The van der Waals surface area contributed by atoms with Crippen LogP contribution >= 0.6 is 0 Å². The average Bonchev–Trinajstić information content (AvgIpc) is 2.40. The summed E-state index contributed by atoms with van der Waals surface area (Å²) in [5, 5.41) is 11.3. The van der Waals surface area contributed by atoms with Crippen molar-refractivity contribution < 1.29 is 24.2 Å². The van der Waals surface area contributed by atoms with Crippen molar-refractivity contribution in [2.45, 2.75) is 13.3 Å². The molecule has 0 saturated carbocycles. The van der Waals surface area contributed by atoms with E-state index in [1.54, 1.807) is 31.2 Å². The normalized spacial score (nSPS) is 9.81. The van der Waals surface area contributed by atoms with Gasteiger partial charge in [-0.3, -0.25) is 9.59 Å². The number of esters is 1. The number of nitrogens with one attached hydrogen (secondary N) is 1. The standard InChI is InChI=1S/C14H18N2O5/c1-3-21-13(19)9-16(2)14(20)15-11-6-4-10(5-7-11)8-12(17)18/h4-7H,3,8-9H2,1-2H3,(H,15,20)(H,17,18). The number of hydrogen-bond donors (Lipinski definition) is 2. The molecule has 0 aliphatic heterocycles. The van der Waals surface area contributed by atoms with Gasteiger partial charge in [0.1, 0.15) is 6.54 Å². The predicted molar refractivity (Wildman–Crippen MR) is 76.1 cm³/mol. The van der Waals surface area contributed by atoms with E-state index in [9.17, 15) is 14.4 Å². The first-order chi connectivity index (χ1) is 9.92. The molecule has 1 rings (SSSR count). The number of ether oxygens (including phenoxy) is 1. The number of carbonyl (C=O) groups is 3. The number of anilines is 1. The van der Waals surface area contributed by atoms with Crippen LogP contribution < -0.4 is 5.32 Å². The Labute approximate surface area is 122 Å². The Bertz CT molecular complexity index is 513. The van der Waals surface area contributed by atoms with Gasteiger partial charge < -0.3 is 20.1 Å². The summed E-state index contributed by atoms with van der Waals surface area (Å²) in [4.78, 5) is 34.8. The van der Waals surface area contributed by atoms with Crippen molar-refractivity contribution in [3.05, 3.63) is 29.8 Å². The molecule has 0 aliphatic rings. The molecule has 2 N–H and O–H groups in total. The zero-order chi connectivity index (χ0) is 15.8. The van der Waals surface area contributed by atoms with Crippen LogP contribution in [0.2, 0.25) is 0 Å². The van der Waals surface area contributed by atoms with Crippen LogP contribution in [0.4, 0.5) is 10.5 Å². The molecule has 1 aromatic carbocycles. The molecule has 7 nitrogen and oxygen atoms in total. The van der Waals surface area contributed by atoms with E-state index >= 15 is 0 Å². The Balaban J connectivity index is 2.54. The highest BCUT2D eigenvalue weighted by Crippen LogP contribution is 2.10. The van der Waals surface area contributed by atoms with Crippen LogP contribution in [0.25, 0.3) is 0 Å². The van der Waals surface area contributed by atoms with Crippen LogP contribution in [-0.4, -0.2) is 48.2 Å². The first kappa shape index (κ1) is 16.5. The Hall–Kier alpha value is -2.57. The molecule has 0 saturated heterocycles. The van der Waals surface area contributed by atoms with E-state index in [2.05, 4.69) is 5.32 Å². The van der Waals surface area contributed by atoms with Crippen molar-refractivity contribution in [1.29, 1.82) is 0 Å². The van der Waals surface area contributed by atoms with Crippen LogP contribution in [0.15, 0.2) is 24.3 Å². The van der Waals surface area contributed by atoms with E-state index in [0.717, 1.165) is 0 Å². The summed E-state index contributed by atoms with van der Waals surface area (Å²) in [5.41, 5.74) is 1.16. The molecular formula is C14H18N2O5. The molecule has 0 radical (unpaired) electrons. The van der Waals surface area contributed by atoms with Gasteiger partial charge in [-0.1, -0.05) is 12.1 Å². The summed E-state index contributed by atoms with van der Waals surface area (Å²) in [6.45, 7) is 1.81. The molecule has 0 bridgehead atoms. The molecule has 0 aromatic heterocycles. The molecule has 2 amide bonds. The Morgan fingerprint density at radius 1 is 1.24 bits per heavy atom. The van der Waals surface area contributed by atoms with Crippen LogP contribution in [0.3, 0.4) is 0 Å². The van der Waals surface area contributed by atoms with E-state index in [4.69, 9.17) is 9.84 Å². The van der Waals surface area contributed by atoms with Gasteiger partial charge in [0.2, 0.25) is 0 Å². The number of benzene rings is 1. The Morgan fingerprint density at radius 2 is 1.86 bits per heavy atom. The maximum Gasteiger partial charge on any atom is 0.325 e. The summed E-state index contributed by atoms with van der Waals surface area (Å²) >= 11 is 0. The fourth-order valence-electron chi connectivity index (χ4n) is 1.57. The minimum atomic E-state index is -0.916. The van der Waals surface area contributed by atoms with Gasteiger partial charge in [-0.2, -0.15) is 0 Å². The highest BCUT2D eigenvalue weighted by atomic mass is 16.5. The molecule has 0 heterocycles. The summed E-state index contributed by atoms with van der Waals surface area (Å²) in [5.74, 6) is -1.40. The van der Waals surface area contributed by atoms with Gasteiger partial charge in [-0.25, -0.2) is 4.79 Å². The molecule has 7 heteroatoms. The van der Waals surface area contributed by atoms with Gasteiger partial charge in [0, 0.05) is 12.7 Å². The minimum Gasteiger partial charge on any atom is -0.481 e. The maximum absolute atomic E-state index is 11.8. The van der Waals surface area contributed by atoms with Crippen molar-refractivity contribution in [3.8, 4) is 0 Å². The van der Waals surface area contributed by atoms with Crippen molar-refractivity contribution in [2.24, 2.45) is 0 Å². The zero-order valence-corrected chi connectivity index (χ0v) is 12.0. The molecule has 0 aliphatic carbocycles. The van der Waals surface area contributed by atoms with Gasteiger partial charge in [0.05, 0.1) is 13.0 Å². The lowest BCUT2D eigenvalue weighted by Crippen LogP contribution is -2.36. The van der Waals surface area contributed by atoms with E-state index in [1.165, 1.54) is 11.9 Å². The summed E-state index contributed by atoms with van der Waals surface area (Å²) in [6.07, 6.45) is -0.0724. The van der Waals surface area contributed by atoms with E-state index in [-0.39, 0.29) is 19.6 Å². The Morgan fingerprint density at radius 3 is 2.38 bits per heavy atom. The summed E-state index contributed by atoms with van der Waals surface area (Å²) < 4.78 is 4.75. The molecule has 0 fully saturated rings. The average molecular weight is 294 g/mol. The SMILES string of the molecule is CCOC(=O)CN(C)C(=O)Nc1ccc(CC(=O)O)cc1. The molecule has 0 unspecified atom stereocenters. The van der Waals surface area contributed by atoms with Gasteiger partial charge in [0.25, 0.3) is 0 Å². The number of nitrogens with zero attached hydrogens (tertiary/aromatic N) is 1. The van der Waals surface area contributed by atoms with Crippen molar-refractivity contribution >= 4 is 23.7 Å². The number of amides is 2. The second kappa shape index (κ2) is 7.88. The maximum atomic E-state index is 11.8. The van der Waals surface area contributed by atoms with Crippen LogP contribution in [0.5, 0.6) is 0 Å². The largest absolute Gasteiger partial charge is 0.481 e. The topological polar surface area (TPSA) is 95.9 Å². The third kappa shape index (κ3) is 5.94. The lowest BCUT2D eigenvalue weighted by atomic mass is 10.1. The number of carbonyl (C=O) groups excluding carboxylic acids is 2. The number of carboxylic acid groups (broad SMARTS) is 1. The highest BCUT2D eigenvalue weighted by Gasteiger charge is 2.13. The highest BCUT2D eigenvalue weighted by molar-refractivity contribution is 5.91. The fraction of sp³-hybridized carbons (Fsp3) is 0.357. The van der Waals surface area contributed by atoms with E-state index < -0.39 is 18.0 Å². The monoisotopic (exact) mass is 294 g/mol. The van der Waals surface area contributed by atoms with Gasteiger partial charge in [-0.05, 0) is 24.6 Å². The minimum absolute atomic E-state index is 0.0724. The van der Waals surface area contributed by atoms with E-state index in [1.807, 2.05) is 0 Å². The third-order valence-electron chi connectivity index (χ3n) is 2.58. The van der Waals surface area contributed by atoms with Gasteiger partial charge in [0.15, 0.2) is 0 Å². The van der Waals surface area contributed by atoms with Crippen LogP contribution in [0.1, 0.15) is 12.5 Å². The molecular weight excluding hydrogens is 276 g/mol.